The molecule has 1 heterocycles. The molecule has 0 saturated heterocycles. The third-order valence-corrected chi connectivity index (χ3v) is 11.2. The largest absolute Gasteiger partial charge is 0.598 e. The monoisotopic (exact) mass is 701 g/mol. The number of halogens is 6. The number of nitrogens with two attached hydrogens (primary N) is 1. The lowest BCUT2D eigenvalue weighted by Gasteiger charge is -2.32. The van der Waals surface area contributed by atoms with Crippen molar-refractivity contribution in [3.8, 4) is 0 Å². The second-order valence-electron chi connectivity index (χ2n) is 14.7. The highest BCUT2D eigenvalue weighted by atomic mass is 32.2. The fraction of sp³-hybridized carbons (Fsp3) is 0.767. The maximum Gasteiger partial charge on any atom is 0.416 e. The van der Waals surface area contributed by atoms with E-state index in [0.717, 1.165) is 38.3 Å². The van der Waals surface area contributed by atoms with E-state index in [2.05, 4.69) is 29.7 Å². The first kappa shape index (κ1) is 39.0. The minimum absolute atomic E-state index is 0.0311. The van der Waals surface area contributed by atoms with E-state index in [4.69, 9.17) is 20.2 Å². The average Bonchev–Trinajstić information content (AvgIpc) is 3.67. The summed E-state index contributed by atoms with van der Waals surface area (Å²) < 4.78 is 109. The van der Waals surface area contributed by atoms with E-state index in [1.54, 1.807) is 43.5 Å². The number of hydrogen-bond acceptors (Lipinski definition) is 7. The first-order valence-electron chi connectivity index (χ1n) is 15.4. The Labute approximate surface area is 271 Å². The van der Waals surface area contributed by atoms with Gasteiger partial charge in [-0.2, -0.15) is 26.3 Å². The van der Waals surface area contributed by atoms with E-state index in [-0.39, 0.29) is 18.5 Å². The molecule has 1 aliphatic carbocycles. The van der Waals surface area contributed by atoms with Crippen LogP contribution in [0.5, 0.6) is 0 Å². The molecule has 0 unspecified atom stereocenters. The van der Waals surface area contributed by atoms with Gasteiger partial charge in [0.25, 0.3) is 0 Å². The summed E-state index contributed by atoms with van der Waals surface area (Å²) in [4.78, 5) is 4.80. The van der Waals surface area contributed by atoms with Crippen molar-refractivity contribution < 1.29 is 40.4 Å². The van der Waals surface area contributed by atoms with Crippen molar-refractivity contribution in [1.82, 2.24) is 19.6 Å². The third kappa shape index (κ3) is 10.8. The zero-order valence-electron chi connectivity index (χ0n) is 27.9. The lowest BCUT2D eigenvalue weighted by Crippen LogP contribution is -2.47. The van der Waals surface area contributed by atoms with E-state index in [1.807, 2.05) is 0 Å². The van der Waals surface area contributed by atoms with E-state index < -0.39 is 73.4 Å². The quantitative estimate of drug-likeness (QED) is 0.0771. The molecule has 0 amide bonds. The first-order chi connectivity index (χ1) is 20.9. The Morgan fingerprint density at radius 3 is 2.24 bits per heavy atom. The van der Waals surface area contributed by atoms with Crippen molar-refractivity contribution in [3.05, 3.63) is 29.6 Å². The number of imidazole rings is 1. The standard InChI is InChI=1S/C30H49F6N5O3SSi/c1-27(2,3)45(42)40-22(17-44-28(4,5)30(34,35)36)26-39-21-15-20(25(19-9-10-19)38-16-24(37)29(31,32)33)11-12-23(21)41(26)18-43-13-14-46(6,7)8/h11-12,15,19,22,24-25,38,40H,9-10,13-14,16-18,37H2,1-8H3/t22-,24-,25+,45+/m0/s1. The van der Waals surface area contributed by atoms with Gasteiger partial charge in [0.2, 0.25) is 0 Å². The number of benzene rings is 1. The average molecular weight is 702 g/mol. The lowest BCUT2D eigenvalue weighted by atomic mass is 10.0. The van der Waals surface area contributed by atoms with Gasteiger partial charge < -0.3 is 29.6 Å². The zero-order chi connectivity index (χ0) is 34.9. The lowest BCUT2D eigenvalue weighted by molar-refractivity contribution is -0.265. The van der Waals surface area contributed by atoms with Gasteiger partial charge in [0.15, 0.2) is 5.60 Å². The van der Waals surface area contributed by atoms with Gasteiger partial charge in [-0.25, -0.2) is 4.98 Å². The minimum Gasteiger partial charge on any atom is -0.598 e. The summed E-state index contributed by atoms with van der Waals surface area (Å²) in [6.07, 6.45) is -7.50. The Morgan fingerprint density at radius 2 is 1.72 bits per heavy atom. The normalized spacial score (nSPS) is 18.2. The Hall–Kier alpha value is -1.40. The summed E-state index contributed by atoms with van der Waals surface area (Å²) in [5.74, 6) is 0.400. The highest BCUT2D eigenvalue weighted by Crippen LogP contribution is 2.42. The van der Waals surface area contributed by atoms with Gasteiger partial charge in [0.05, 0.1) is 17.6 Å². The van der Waals surface area contributed by atoms with Crippen molar-refractivity contribution in [1.29, 1.82) is 0 Å². The molecule has 0 spiro atoms. The molecule has 4 N–H and O–H groups in total. The molecule has 1 aliphatic rings. The van der Waals surface area contributed by atoms with Crippen LogP contribution in [0.4, 0.5) is 26.3 Å². The highest BCUT2D eigenvalue weighted by molar-refractivity contribution is 7.90. The van der Waals surface area contributed by atoms with Crippen LogP contribution in [-0.4, -0.2) is 70.7 Å². The van der Waals surface area contributed by atoms with Crippen LogP contribution in [0.2, 0.25) is 25.7 Å². The molecule has 0 radical (unpaired) electrons. The van der Waals surface area contributed by atoms with Crippen LogP contribution < -0.4 is 15.8 Å². The van der Waals surface area contributed by atoms with Gasteiger partial charge >= 0.3 is 12.4 Å². The summed E-state index contributed by atoms with van der Waals surface area (Å²) in [5.41, 5.74) is 4.66. The van der Waals surface area contributed by atoms with Crippen LogP contribution >= 0.6 is 0 Å². The summed E-state index contributed by atoms with van der Waals surface area (Å²) in [7, 11) is -1.43. The van der Waals surface area contributed by atoms with E-state index >= 15 is 0 Å². The summed E-state index contributed by atoms with van der Waals surface area (Å²) in [5, 5.41) is 2.98. The molecule has 1 aromatic carbocycles. The molecule has 0 bridgehead atoms. The Morgan fingerprint density at radius 1 is 1.09 bits per heavy atom. The number of nitrogens with zero attached hydrogens (tertiary/aromatic N) is 2. The number of rotatable bonds is 16. The molecular weight excluding hydrogens is 653 g/mol. The predicted molar refractivity (Wildman–Crippen MR) is 171 cm³/mol. The molecule has 8 nitrogen and oxygen atoms in total. The topological polar surface area (TPSA) is 109 Å². The van der Waals surface area contributed by atoms with Gasteiger partial charge in [0, 0.05) is 38.6 Å². The molecular formula is C30H49F6N5O3SSi. The Balaban J connectivity index is 2.04. The minimum atomic E-state index is -4.66. The smallest absolute Gasteiger partial charge is 0.416 e. The highest BCUT2D eigenvalue weighted by Gasteiger charge is 2.49. The number of alkyl halides is 6. The third-order valence-electron chi connectivity index (χ3n) is 7.86. The summed E-state index contributed by atoms with van der Waals surface area (Å²) in [6.45, 7) is 13.2. The van der Waals surface area contributed by atoms with Crippen molar-refractivity contribution >= 4 is 30.5 Å². The van der Waals surface area contributed by atoms with Crippen LogP contribution in [0, 0.1) is 5.92 Å². The predicted octanol–water partition coefficient (Wildman–Crippen LogP) is 6.73. The molecule has 1 saturated carbocycles. The van der Waals surface area contributed by atoms with Crippen molar-refractivity contribution in [2.24, 2.45) is 11.7 Å². The fourth-order valence-corrected chi connectivity index (χ4v) is 6.03. The molecule has 16 heteroatoms. The van der Waals surface area contributed by atoms with E-state index in [1.165, 1.54) is 0 Å². The second-order valence-corrected chi connectivity index (χ2v) is 22.4. The number of fused-ring (bicyclic) bond motifs is 1. The molecule has 1 fully saturated rings. The molecule has 0 aliphatic heterocycles. The SMILES string of the molecule is CC(C)(C)[S@@+]([O-])N[C@@H](COC(C)(C)C(F)(F)F)c1nc2cc([C@H](NC[C@H](N)C(F)(F)F)C3CC3)ccc2n1COCC[Si](C)(C)C. The number of hydrogen-bond donors (Lipinski definition) is 3. The maximum absolute atomic E-state index is 13.7. The van der Waals surface area contributed by atoms with Crippen LogP contribution in [0.25, 0.3) is 11.0 Å². The number of nitrogens with one attached hydrogen (secondary N) is 2. The molecule has 4 atom stereocenters. The fourth-order valence-electron chi connectivity index (χ4n) is 4.49. The summed E-state index contributed by atoms with van der Waals surface area (Å²) in [6, 6.07) is 2.80. The molecule has 264 valence electrons. The number of ether oxygens (including phenoxy) is 2. The Kier molecular flexibility index (Phi) is 12.4. The number of aromatic nitrogens is 2. The van der Waals surface area contributed by atoms with Crippen molar-refractivity contribution in [3.63, 3.8) is 0 Å². The molecule has 46 heavy (non-hydrogen) atoms. The van der Waals surface area contributed by atoms with Crippen LogP contribution in [-0.2, 0) is 27.6 Å². The molecule has 3 rings (SSSR count). The van der Waals surface area contributed by atoms with Crippen LogP contribution in [0.15, 0.2) is 18.2 Å². The summed E-state index contributed by atoms with van der Waals surface area (Å²) >= 11 is -1.70. The van der Waals surface area contributed by atoms with Gasteiger partial charge in [0.1, 0.15) is 29.4 Å². The second kappa shape index (κ2) is 14.6. The van der Waals surface area contributed by atoms with E-state index in [0.29, 0.717) is 17.6 Å². The van der Waals surface area contributed by atoms with Gasteiger partial charge in [-0.3, -0.25) is 0 Å². The van der Waals surface area contributed by atoms with Gasteiger partial charge in [-0.1, -0.05) is 25.7 Å². The van der Waals surface area contributed by atoms with Gasteiger partial charge in [-0.15, -0.1) is 4.72 Å². The maximum atomic E-state index is 13.7. The zero-order valence-corrected chi connectivity index (χ0v) is 29.7. The Bertz CT molecular complexity index is 1290. The van der Waals surface area contributed by atoms with Crippen LogP contribution in [0.3, 0.4) is 0 Å². The first-order valence-corrected chi connectivity index (χ1v) is 20.3. The van der Waals surface area contributed by atoms with Crippen molar-refractivity contribution in [2.75, 3.05) is 19.8 Å². The molecule has 2 aromatic rings. The molecule has 1 aromatic heterocycles. The van der Waals surface area contributed by atoms with E-state index in [9.17, 15) is 30.9 Å². The van der Waals surface area contributed by atoms with Gasteiger partial charge in [-0.05, 0) is 77.1 Å². The van der Waals surface area contributed by atoms with Crippen molar-refractivity contribution in [2.45, 2.75) is 121 Å². The van der Waals surface area contributed by atoms with Crippen LogP contribution in [0.1, 0.15) is 70.9 Å².